The number of nitrogens with one attached hydrogen (secondary N) is 1. The molecule has 0 aliphatic heterocycles. The molecule has 0 fully saturated rings. The topological polar surface area (TPSA) is 81.5 Å². The van der Waals surface area contributed by atoms with Gasteiger partial charge in [0.2, 0.25) is 0 Å². The average molecular weight is 343 g/mol. The number of methoxy groups -OCH3 is 1. The summed E-state index contributed by atoms with van der Waals surface area (Å²) in [6.45, 7) is 0. The minimum absolute atomic E-state index is 0.00694. The van der Waals surface area contributed by atoms with Crippen molar-refractivity contribution < 1.29 is 23.2 Å². The first-order valence-corrected chi connectivity index (χ1v) is 6.49. The summed E-state index contributed by atoms with van der Waals surface area (Å²) in [6, 6.07) is 4.86. The van der Waals surface area contributed by atoms with Crippen molar-refractivity contribution in [2.24, 2.45) is 0 Å². The van der Waals surface area contributed by atoms with Gasteiger partial charge in [-0.05, 0) is 18.2 Å². The van der Waals surface area contributed by atoms with E-state index in [4.69, 9.17) is 16.3 Å². The Hall–Kier alpha value is -2.74. The molecule has 6 nitrogen and oxygen atoms in total. The van der Waals surface area contributed by atoms with Crippen molar-refractivity contribution >= 4 is 28.9 Å². The average Bonchev–Trinajstić information content (AvgIpc) is 2.50. The molecule has 23 heavy (non-hydrogen) atoms. The molecule has 0 aromatic heterocycles. The van der Waals surface area contributed by atoms with Crippen molar-refractivity contribution in [3.05, 3.63) is 62.7 Å². The third kappa shape index (κ3) is 3.54. The molecular formula is C14H9ClF2N2O4. The molecule has 2 aromatic carbocycles. The SMILES string of the molecule is COc1ccc([N+](=O)[O-])cc1NC(=O)c1cc(F)c(F)cc1Cl. The fourth-order valence-corrected chi connectivity index (χ4v) is 2.03. The number of carbonyl (C=O) groups is 1. The number of amides is 1. The zero-order valence-corrected chi connectivity index (χ0v) is 12.4. The van der Waals surface area contributed by atoms with Crippen LogP contribution < -0.4 is 10.1 Å². The Kier molecular flexibility index (Phi) is 4.75. The maximum Gasteiger partial charge on any atom is 0.271 e. The third-order valence-corrected chi connectivity index (χ3v) is 3.21. The molecule has 0 spiro atoms. The predicted molar refractivity (Wildman–Crippen MR) is 79.0 cm³/mol. The van der Waals surface area contributed by atoms with Gasteiger partial charge in [0.05, 0.1) is 28.3 Å². The van der Waals surface area contributed by atoms with E-state index in [1.165, 1.54) is 19.2 Å². The molecule has 120 valence electrons. The number of nitro groups is 1. The smallest absolute Gasteiger partial charge is 0.271 e. The Bertz CT molecular complexity index is 799. The second kappa shape index (κ2) is 6.57. The van der Waals surface area contributed by atoms with Gasteiger partial charge in [0.1, 0.15) is 5.75 Å². The van der Waals surface area contributed by atoms with E-state index in [1.807, 2.05) is 0 Å². The van der Waals surface area contributed by atoms with E-state index in [2.05, 4.69) is 5.32 Å². The van der Waals surface area contributed by atoms with E-state index >= 15 is 0 Å². The Morgan fingerprint density at radius 1 is 1.26 bits per heavy atom. The predicted octanol–water partition coefficient (Wildman–Crippen LogP) is 3.79. The molecule has 0 unspecified atom stereocenters. The van der Waals surface area contributed by atoms with Crippen LogP contribution in [0.5, 0.6) is 5.75 Å². The molecule has 0 atom stereocenters. The summed E-state index contributed by atoms with van der Waals surface area (Å²) in [4.78, 5) is 22.3. The third-order valence-electron chi connectivity index (χ3n) is 2.90. The summed E-state index contributed by atoms with van der Waals surface area (Å²) in [6.07, 6.45) is 0. The lowest BCUT2D eigenvalue weighted by Crippen LogP contribution is -2.14. The van der Waals surface area contributed by atoms with Crippen LogP contribution in [0.2, 0.25) is 5.02 Å². The normalized spacial score (nSPS) is 10.3. The Morgan fingerprint density at radius 2 is 1.91 bits per heavy atom. The summed E-state index contributed by atoms with van der Waals surface area (Å²) in [5, 5.41) is 12.8. The van der Waals surface area contributed by atoms with Gasteiger partial charge in [-0.25, -0.2) is 8.78 Å². The molecular weight excluding hydrogens is 334 g/mol. The first-order chi connectivity index (χ1) is 10.8. The number of nitrogens with zero attached hydrogens (tertiary/aromatic N) is 1. The fourth-order valence-electron chi connectivity index (χ4n) is 1.79. The molecule has 0 bridgehead atoms. The Labute approximate surface area is 133 Å². The molecule has 0 aliphatic carbocycles. The van der Waals surface area contributed by atoms with Crippen LogP contribution in [-0.4, -0.2) is 17.9 Å². The molecule has 0 aliphatic rings. The van der Waals surface area contributed by atoms with E-state index in [1.54, 1.807) is 0 Å². The van der Waals surface area contributed by atoms with Gasteiger partial charge in [-0.2, -0.15) is 0 Å². The van der Waals surface area contributed by atoms with Crippen molar-refractivity contribution in [3.8, 4) is 5.75 Å². The van der Waals surface area contributed by atoms with Crippen LogP contribution in [0.1, 0.15) is 10.4 Å². The molecule has 0 saturated carbocycles. The zero-order valence-electron chi connectivity index (χ0n) is 11.6. The van der Waals surface area contributed by atoms with Crippen LogP contribution >= 0.6 is 11.6 Å². The molecule has 0 heterocycles. The van der Waals surface area contributed by atoms with Crippen molar-refractivity contribution in [1.82, 2.24) is 0 Å². The van der Waals surface area contributed by atoms with Gasteiger partial charge in [0.15, 0.2) is 11.6 Å². The molecule has 0 saturated heterocycles. The first kappa shape index (κ1) is 16.6. The van der Waals surface area contributed by atoms with Crippen LogP contribution in [0.25, 0.3) is 0 Å². The minimum atomic E-state index is -1.24. The summed E-state index contributed by atoms with van der Waals surface area (Å²) in [5.74, 6) is -3.15. The number of non-ortho nitro benzene ring substituents is 1. The van der Waals surface area contributed by atoms with E-state index < -0.39 is 22.5 Å². The molecule has 1 N–H and O–H groups in total. The number of hydrogen-bond acceptors (Lipinski definition) is 4. The second-order valence-electron chi connectivity index (χ2n) is 4.34. The number of anilines is 1. The zero-order chi connectivity index (χ0) is 17.1. The number of benzene rings is 2. The van der Waals surface area contributed by atoms with Gasteiger partial charge >= 0.3 is 0 Å². The lowest BCUT2D eigenvalue weighted by atomic mass is 10.2. The van der Waals surface area contributed by atoms with Crippen molar-refractivity contribution in [3.63, 3.8) is 0 Å². The van der Waals surface area contributed by atoms with E-state index in [-0.39, 0.29) is 27.7 Å². The van der Waals surface area contributed by atoms with Crippen LogP contribution in [0, 0.1) is 21.7 Å². The van der Waals surface area contributed by atoms with Gasteiger partial charge in [0.25, 0.3) is 11.6 Å². The number of hydrogen-bond donors (Lipinski definition) is 1. The van der Waals surface area contributed by atoms with Gasteiger partial charge in [-0.1, -0.05) is 11.6 Å². The summed E-state index contributed by atoms with van der Waals surface area (Å²) in [7, 11) is 1.31. The lowest BCUT2D eigenvalue weighted by molar-refractivity contribution is -0.384. The molecule has 0 radical (unpaired) electrons. The lowest BCUT2D eigenvalue weighted by Gasteiger charge is -2.11. The summed E-state index contributed by atoms with van der Waals surface area (Å²) in [5.41, 5.74) is -0.607. The first-order valence-electron chi connectivity index (χ1n) is 6.11. The quantitative estimate of drug-likeness (QED) is 0.520. The van der Waals surface area contributed by atoms with Gasteiger partial charge < -0.3 is 10.1 Å². The number of ether oxygens (including phenoxy) is 1. The number of carbonyl (C=O) groups excluding carboxylic acids is 1. The van der Waals surface area contributed by atoms with Crippen molar-refractivity contribution in [2.75, 3.05) is 12.4 Å². The van der Waals surface area contributed by atoms with Gasteiger partial charge in [0, 0.05) is 12.1 Å². The maximum absolute atomic E-state index is 13.2. The highest BCUT2D eigenvalue weighted by molar-refractivity contribution is 6.34. The maximum atomic E-state index is 13.2. The van der Waals surface area contributed by atoms with E-state index in [0.717, 1.165) is 6.07 Å². The van der Waals surface area contributed by atoms with Crippen LogP contribution in [0.3, 0.4) is 0 Å². The van der Waals surface area contributed by atoms with Gasteiger partial charge in [-0.15, -0.1) is 0 Å². The Balaban J connectivity index is 2.38. The van der Waals surface area contributed by atoms with E-state index in [9.17, 15) is 23.7 Å². The van der Waals surface area contributed by atoms with Crippen LogP contribution in [0.15, 0.2) is 30.3 Å². The van der Waals surface area contributed by atoms with Crippen LogP contribution in [0.4, 0.5) is 20.2 Å². The summed E-state index contributed by atoms with van der Waals surface area (Å²) >= 11 is 5.71. The van der Waals surface area contributed by atoms with Crippen LogP contribution in [-0.2, 0) is 0 Å². The highest BCUT2D eigenvalue weighted by atomic mass is 35.5. The number of halogens is 3. The largest absolute Gasteiger partial charge is 0.495 e. The molecule has 1 amide bonds. The van der Waals surface area contributed by atoms with E-state index in [0.29, 0.717) is 12.1 Å². The summed E-state index contributed by atoms with van der Waals surface area (Å²) < 4.78 is 31.3. The Morgan fingerprint density at radius 3 is 2.52 bits per heavy atom. The molecule has 9 heteroatoms. The standard InChI is InChI=1S/C14H9ClF2N2O4/c1-23-13-3-2-7(19(21)22)4-12(13)18-14(20)8-5-10(16)11(17)6-9(8)15/h2-6H,1H3,(H,18,20). The number of rotatable bonds is 4. The highest BCUT2D eigenvalue weighted by Gasteiger charge is 2.18. The number of nitro benzene ring substituents is 1. The monoisotopic (exact) mass is 342 g/mol. The molecule has 2 rings (SSSR count). The fraction of sp³-hybridized carbons (Fsp3) is 0.0714. The second-order valence-corrected chi connectivity index (χ2v) is 4.75. The molecule has 2 aromatic rings. The minimum Gasteiger partial charge on any atom is -0.495 e. The van der Waals surface area contributed by atoms with Gasteiger partial charge in [-0.3, -0.25) is 14.9 Å². The van der Waals surface area contributed by atoms with Crippen molar-refractivity contribution in [2.45, 2.75) is 0 Å². The van der Waals surface area contributed by atoms with Crippen molar-refractivity contribution in [1.29, 1.82) is 0 Å². The highest BCUT2D eigenvalue weighted by Crippen LogP contribution is 2.30.